The Morgan fingerprint density at radius 2 is 1.96 bits per heavy atom. The van der Waals surface area contributed by atoms with Gasteiger partial charge < -0.3 is 10.4 Å². The third kappa shape index (κ3) is 3.08. The summed E-state index contributed by atoms with van der Waals surface area (Å²) in [6.45, 7) is 6.15. The number of aliphatic imine (C=N–C) groups is 1. The van der Waals surface area contributed by atoms with E-state index in [2.05, 4.69) is 29.4 Å². The van der Waals surface area contributed by atoms with E-state index in [1.54, 1.807) is 11.3 Å². The van der Waals surface area contributed by atoms with Gasteiger partial charge in [-0.1, -0.05) is 23.7 Å². The lowest BCUT2D eigenvalue weighted by atomic mass is 10.00. The first-order chi connectivity index (χ1) is 13.4. The number of aromatic nitrogens is 3. The van der Waals surface area contributed by atoms with Crippen LogP contribution in [0.2, 0.25) is 5.02 Å². The van der Waals surface area contributed by atoms with Gasteiger partial charge >= 0.3 is 6.09 Å². The summed E-state index contributed by atoms with van der Waals surface area (Å²) in [4.78, 5) is 17.2. The van der Waals surface area contributed by atoms with Crippen LogP contribution in [-0.2, 0) is 0 Å². The van der Waals surface area contributed by atoms with Crippen molar-refractivity contribution in [3.05, 3.63) is 62.5 Å². The van der Waals surface area contributed by atoms with Crippen LogP contribution in [0.5, 0.6) is 0 Å². The lowest BCUT2D eigenvalue weighted by molar-refractivity contribution is 0.193. The quantitative estimate of drug-likeness (QED) is 0.674. The second-order valence-corrected chi connectivity index (χ2v) is 8.23. The number of hydrogen-bond donors (Lipinski definition) is 2. The normalized spacial score (nSPS) is 15.4. The predicted octanol–water partition coefficient (Wildman–Crippen LogP) is 4.07. The molecule has 1 atom stereocenters. The Bertz CT molecular complexity index is 1100. The van der Waals surface area contributed by atoms with Gasteiger partial charge in [-0.2, -0.15) is 0 Å². The first-order valence-electron chi connectivity index (χ1n) is 8.70. The maximum absolute atomic E-state index is 11.1. The number of carboxylic acid groups (broad SMARTS) is 1. The van der Waals surface area contributed by atoms with Crippen LogP contribution in [0.15, 0.2) is 29.3 Å². The highest BCUT2D eigenvalue weighted by atomic mass is 35.5. The zero-order valence-corrected chi connectivity index (χ0v) is 17.1. The Labute approximate surface area is 170 Å². The molecule has 1 unspecified atom stereocenters. The molecule has 4 rings (SSSR count). The molecule has 0 spiro atoms. The molecule has 0 fully saturated rings. The molecule has 0 bridgehead atoms. The number of aryl methyl sites for hydroxylation is 2. The summed E-state index contributed by atoms with van der Waals surface area (Å²) in [5.41, 5.74) is 3.88. The van der Waals surface area contributed by atoms with Crippen molar-refractivity contribution >= 4 is 34.7 Å². The van der Waals surface area contributed by atoms with Gasteiger partial charge in [0, 0.05) is 21.0 Å². The van der Waals surface area contributed by atoms with Crippen LogP contribution in [0.4, 0.5) is 4.79 Å². The second kappa shape index (κ2) is 7.03. The van der Waals surface area contributed by atoms with Crippen LogP contribution in [0.25, 0.3) is 5.00 Å². The lowest BCUT2D eigenvalue weighted by Gasteiger charge is -2.12. The molecule has 1 aliphatic heterocycles. The van der Waals surface area contributed by atoms with Crippen molar-refractivity contribution in [2.24, 2.45) is 4.99 Å². The first-order valence-corrected chi connectivity index (χ1v) is 9.89. The molecule has 0 saturated carbocycles. The monoisotopic (exact) mass is 415 g/mol. The Morgan fingerprint density at radius 1 is 1.25 bits per heavy atom. The minimum Gasteiger partial charge on any atom is -0.465 e. The SMILES string of the molecule is Cc1sc2c(c1C)C(c1ccc(Cl)cc1)=NC(CNC(=O)O)c1nnc(C)n1-2. The maximum atomic E-state index is 11.1. The van der Waals surface area contributed by atoms with E-state index in [1.807, 2.05) is 35.8 Å². The van der Waals surface area contributed by atoms with Crippen molar-refractivity contribution < 1.29 is 9.90 Å². The molecule has 2 aromatic heterocycles. The van der Waals surface area contributed by atoms with Crippen LogP contribution >= 0.6 is 22.9 Å². The van der Waals surface area contributed by atoms with E-state index in [4.69, 9.17) is 21.7 Å². The first kappa shape index (κ1) is 18.6. The number of carbonyl (C=O) groups is 1. The minimum atomic E-state index is -1.10. The van der Waals surface area contributed by atoms with Crippen molar-refractivity contribution in [3.8, 4) is 5.00 Å². The molecule has 7 nitrogen and oxygen atoms in total. The summed E-state index contributed by atoms with van der Waals surface area (Å²) in [5.74, 6) is 1.36. The third-order valence-corrected chi connectivity index (χ3v) is 6.25. The van der Waals surface area contributed by atoms with E-state index < -0.39 is 12.1 Å². The van der Waals surface area contributed by atoms with Gasteiger partial charge in [0.15, 0.2) is 5.82 Å². The average molecular weight is 416 g/mol. The average Bonchev–Trinajstić information content (AvgIpc) is 3.12. The number of benzene rings is 1. The van der Waals surface area contributed by atoms with Gasteiger partial charge in [-0.05, 0) is 38.5 Å². The molecule has 2 N–H and O–H groups in total. The van der Waals surface area contributed by atoms with Gasteiger partial charge in [-0.3, -0.25) is 9.56 Å². The van der Waals surface area contributed by atoms with E-state index in [0.29, 0.717) is 10.8 Å². The Balaban J connectivity index is 1.98. The van der Waals surface area contributed by atoms with Crippen molar-refractivity contribution in [2.75, 3.05) is 6.54 Å². The van der Waals surface area contributed by atoms with Crippen molar-refractivity contribution in [1.29, 1.82) is 0 Å². The molecular formula is C19H18ClN5O2S. The van der Waals surface area contributed by atoms with Gasteiger partial charge in [0.05, 0.1) is 12.3 Å². The molecular weight excluding hydrogens is 398 g/mol. The highest BCUT2D eigenvalue weighted by molar-refractivity contribution is 7.15. The summed E-state index contributed by atoms with van der Waals surface area (Å²) in [5, 5.41) is 21.7. The zero-order valence-electron chi connectivity index (χ0n) is 15.5. The van der Waals surface area contributed by atoms with E-state index in [-0.39, 0.29) is 6.54 Å². The van der Waals surface area contributed by atoms with E-state index in [9.17, 15) is 4.79 Å². The minimum absolute atomic E-state index is 0.109. The molecule has 0 aliphatic carbocycles. The second-order valence-electron chi connectivity index (χ2n) is 6.59. The number of rotatable bonds is 3. The molecule has 1 aliphatic rings. The predicted molar refractivity (Wildman–Crippen MR) is 109 cm³/mol. The molecule has 144 valence electrons. The number of nitrogens with zero attached hydrogens (tertiary/aromatic N) is 4. The van der Waals surface area contributed by atoms with Crippen molar-refractivity contribution in [3.63, 3.8) is 0 Å². The highest BCUT2D eigenvalue weighted by Gasteiger charge is 2.31. The fraction of sp³-hybridized carbons (Fsp3) is 0.263. The van der Waals surface area contributed by atoms with E-state index >= 15 is 0 Å². The van der Waals surface area contributed by atoms with Gasteiger partial charge in [-0.15, -0.1) is 21.5 Å². The van der Waals surface area contributed by atoms with Crippen LogP contribution in [0, 0.1) is 20.8 Å². The number of thiophene rings is 1. The molecule has 3 aromatic rings. The van der Waals surface area contributed by atoms with E-state index in [0.717, 1.165) is 33.2 Å². The summed E-state index contributed by atoms with van der Waals surface area (Å²) in [6, 6.07) is 7.02. The van der Waals surface area contributed by atoms with Gasteiger partial charge in [-0.25, -0.2) is 4.79 Å². The van der Waals surface area contributed by atoms with E-state index in [1.165, 1.54) is 4.88 Å². The molecule has 1 aromatic carbocycles. The van der Waals surface area contributed by atoms with Crippen LogP contribution < -0.4 is 5.32 Å². The zero-order chi connectivity index (χ0) is 20.0. The molecule has 3 heterocycles. The lowest BCUT2D eigenvalue weighted by Crippen LogP contribution is -2.27. The fourth-order valence-corrected chi connectivity index (χ4v) is 4.66. The largest absolute Gasteiger partial charge is 0.465 e. The number of halogens is 1. The van der Waals surface area contributed by atoms with Crippen molar-refractivity contribution in [2.45, 2.75) is 26.8 Å². The number of hydrogen-bond acceptors (Lipinski definition) is 5. The topological polar surface area (TPSA) is 92.4 Å². The Kier molecular flexibility index (Phi) is 4.68. The number of fused-ring (bicyclic) bond motifs is 3. The molecule has 0 radical (unpaired) electrons. The fourth-order valence-electron chi connectivity index (χ4n) is 3.32. The summed E-state index contributed by atoms with van der Waals surface area (Å²) < 4.78 is 1.99. The molecule has 0 saturated heterocycles. The molecule has 9 heteroatoms. The number of nitrogens with one attached hydrogen (secondary N) is 1. The van der Waals surface area contributed by atoms with Gasteiger partial charge in [0.2, 0.25) is 0 Å². The summed E-state index contributed by atoms with van der Waals surface area (Å²) >= 11 is 7.73. The van der Waals surface area contributed by atoms with Crippen LogP contribution in [0.3, 0.4) is 0 Å². The standard InChI is InChI=1S/C19H18ClN5O2S/c1-9-10(2)28-18-15(9)16(12-4-6-13(20)7-5-12)22-14(8-21-19(26)27)17-24-23-11(3)25(17)18/h4-7,14,21H,8H2,1-3H3,(H,26,27). The van der Waals surface area contributed by atoms with Gasteiger partial charge in [0.25, 0.3) is 0 Å². The van der Waals surface area contributed by atoms with Crippen LogP contribution in [-0.4, -0.2) is 38.2 Å². The highest BCUT2D eigenvalue weighted by Crippen LogP contribution is 2.38. The molecule has 1 amide bonds. The smallest absolute Gasteiger partial charge is 0.404 e. The molecule has 28 heavy (non-hydrogen) atoms. The number of amides is 1. The maximum Gasteiger partial charge on any atom is 0.404 e. The van der Waals surface area contributed by atoms with Crippen molar-refractivity contribution in [1.82, 2.24) is 20.1 Å². The Hall–Kier alpha value is -2.71. The summed E-state index contributed by atoms with van der Waals surface area (Å²) in [7, 11) is 0. The van der Waals surface area contributed by atoms with Gasteiger partial charge in [0.1, 0.15) is 16.9 Å². The third-order valence-electron chi connectivity index (χ3n) is 4.80. The van der Waals surface area contributed by atoms with Crippen LogP contribution in [0.1, 0.15) is 39.3 Å². The Morgan fingerprint density at radius 3 is 2.64 bits per heavy atom. The summed E-state index contributed by atoms with van der Waals surface area (Å²) in [6.07, 6.45) is -1.10.